The summed E-state index contributed by atoms with van der Waals surface area (Å²) in [4.78, 5) is 27.2. The van der Waals surface area contributed by atoms with Crippen molar-refractivity contribution in [2.75, 3.05) is 5.32 Å². The number of carbonyl (C=O) groups is 2. The molecule has 0 atom stereocenters. The van der Waals surface area contributed by atoms with Crippen LogP contribution in [0.3, 0.4) is 0 Å². The number of pyridine rings is 1. The SMILES string of the molecule is O=CCc1ccc2c(n1)COC2=C1C(=O)Nc2ccc(F)cc21. The quantitative estimate of drug-likeness (QED) is 0.683. The van der Waals surface area contributed by atoms with E-state index in [4.69, 9.17) is 4.74 Å². The van der Waals surface area contributed by atoms with Gasteiger partial charge >= 0.3 is 0 Å². The first kappa shape index (κ1) is 13.6. The predicted molar refractivity (Wildman–Crippen MR) is 80.6 cm³/mol. The molecule has 0 aliphatic carbocycles. The van der Waals surface area contributed by atoms with Gasteiger partial charge in [0.1, 0.15) is 24.5 Å². The number of hydrogen-bond donors (Lipinski definition) is 1. The second kappa shape index (κ2) is 5.01. The average Bonchev–Trinajstić information content (AvgIpc) is 3.07. The number of anilines is 1. The van der Waals surface area contributed by atoms with E-state index in [1.807, 2.05) is 0 Å². The molecule has 2 aliphatic rings. The Morgan fingerprint density at radius 2 is 2.13 bits per heavy atom. The minimum atomic E-state index is -0.420. The number of fused-ring (bicyclic) bond motifs is 2. The lowest BCUT2D eigenvalue weighted by atomic mass is 10.0. The van der Waals surface area contributed by atoms with Crippen LogP contribution < -0.4 is 5.32 Å². The Balaban J connectivity index is 1.87. The molecule has 2 aromatic rings. The molecular weight excluding hydrogens is 299 g/mol. The highest BCUT2D eigenvalue weighted by molar-refractivity contribution is 6.36. The van der Waals surface area contributed by atoms with Gasteiger partial charge in [-0.15, -0.1) is 0 Å². The summed E-state index contributed by atoms with van der Waals surface area (Å²) >= 11 is 0. The van der Waals surface area contributed by atoms with Crippen LogP contribution in [0.5, 0.6) is 0 Å². The number of carbonyl (C=O) groups excluding carboxylic acids is 2. The Hall–Kier alpha value is -3.02. The highest BCUT2D eigenvalue weighted by atomic mass is 19.1. The fourth-order valence-electron chi connectivity index (χ4n) is 2.85. The molecule has 3 heterocycles. The van der Waals surface area contributed by atoms with Gasteiger partial charge in [0.25, 0.3) is 5.91 Å². The summed E-state index contributed by atoms with van der Waals surface area (Å²) < 4.78 is 19.2. The van der Waals surface area contributed by atoms with Gasteiger partial charge in [-0.1, -0.05) is 0 Å². The lowest BCUT2D eigenvalue weighted by Crippen LogP contribution is -2.05. The van der Waals surface area contributed by atoms with E-state index in [2.05, 4.69) is 10.3 Å². The van der Waals surface area contributed by atoms with Crippen LogP contribution in [0.4, 0.5) is 10.1 Å². The van der Waals surface area contributed by atoms with Gasteiger partial charge < -0.3 is 14.8 Å². The molecule has 2 aliphatic heterocycles. The normalized spacial score (nSPS) is 18.2. The minimum absolute atomic E-state index is 0.221. The zero-order valence-corrected chi connectivity index (χ0v) is 11.9. The molecule has 5 nitrogen and oxygen atoms in total. The van der Waals surface area contributed by atoms with Crippen molar-refractivity contribution < 1.29 is 18.7 Å². The van der Waals surface area contributed by atoms with E-state index in [1.54, 1.807) is 12.1 Å². The molecule has 0 radical (unpaired) electrons. The van der Waals surface area contributed by atoms with Crippen LogP contribution in [-0.2, 0) is 27.4 Å². The molecule has 0 bridgehead atoms. The highest BCUT2D eigenvalue weighted by Gasteiger charge is 2.33. The Kier molecular flexibility index (Phi) is 2.97. The van der Waals surface area contributed by atoms with Crippen molar-refractivity contribution in [1.29, 1.82) is 0 Å². The third-order valence-corrected chi connectivity index (χ3v) is 3.88. The Labute approximate surface area is 130 Å². The summed E-state index contributed by atoms with van der Waals surface area (Å²) in [5.41, 5.74) is 3.36. The fourth-order valence-corrected chi connectivity index (χ4v) is 2.85. The number of benzene rings is 1. The maximum atomic E-state index is 13.5. The number of ether oxygens (including phenoxy) is 1. The standard InChI is InChI=1S/C17H11FN2O3/c18-9-1-4-13-12(7-9)15(17(22)20-13)16-11-3-2-10(5-6-21)19-14(11)8-23-16/h1-4,6-7H,5,8H2,(H,20,22). The summed E-state index contributed by atoms with van der Waals surface area (Å²) in [6, 6.07) is 7.63. The molecule has 0 saturated heterocycles. The van der Waals surface area contributed by atoms with Crippen LogP contribution in [0.15, 0.2) is 30.3 Å². The second-order valence-corrected chi connectivity index (χ2v) is 5.30. The number of rotatable bonds is 2. The second-order valence-electron chi connectivity index (χ2n) is 5.30. The highest BCUT2D eigenvalue weighted by Crippen LogP contribution is 2.41. The zero-order chi connectivity index (χ0) is 16.0. The van der Waals surface area contributed by atoms with Crippen molar-refractivity contribution in [1.82, 2.24) is 4.98 Å². The molecule has 1 N–H and O–H groups in total. The molecule has 0 saturated carbocycles. The molecule has 6 heteroatoms. The lowest BCUT2D eigenvalue weighted by Gasteiger charge is -2.05. The largest absolute Gasteiger partial charge is 0.486 e. The summed E-state index contributed by atoms with van der Waals surface area (Å²) in [6.07, 6.45) is 1.01. The van der Waals surface area contributed by atoms with Crippen LogP contribution >= 0.6 is 0 Å². The average molecular weight is 310 g/mol. The predicted octanol–water partition coefficient (Wildman–Crippen LogP) is 2.31. The van der Waals surface area contributed by atoms with Gasteiger partial charge in [-0.05, 0) is 30.3 Å². The third-order valence-electron chi connectivity index (χ3n) is 3.88. The molecular formula is C17H11FN2O3. The zero-order valence-electron chi connectivity index (χ0n) is 11.9. The molecule has 23 heavy (non-hydrogen) atoms. The van der Waals surface area contributed by atoms with E-state index in [0.717, 1.165) is 6.29 Å². The number of hydrogen-bond acceptors (Lipinski definition) is 4. The summed E-state index contributed by atoms with van der Waals surface area (Å²) in [7, 11) is 0. The van der Waals surface area contributed by atoms with Crippen LogP contribution in [0.2, 0.25) is 0 Å². The molecule has 0 fully saturated rings. The van der Waals surface area contributed by atoms with Crippen molar-refractivity contribution in [3.8, 4) is 0 Å². The maximum absolute atomic E-state index is 13.5. The van der Waals surface area contributed by atoms with Crippen molar-refractivity contribution in [2.45, 2.75) is 13.0 Å². The van der Waals surface area contributed by atoms with Crippen LogP contribution in [-0.4, -0.2) is 17.2 Å². The van der Waals surface area contributed by atoms with Gasteiger partial charge in [-0.2, -0.15) is 0 Å². The van der Waals surface area contributed by atoms with E-state index >= 15 is 0 Å². The summed E-state index contributed by atoms with van der Waals surface area (Å²) in [6.45, 7) is 0.221. The number of amides is 1. The first-order valence-electron chi connectivity index (χ1n) is 7.08. The van der Waals surface area contributed by atoms with E-state index in [1.165, 1.54) is 18.2 Å². The van der Waals surface area contributed by atoms with Gasteiger partial charge in [0.15, 0.2) is 0 Å². The third kappa shape index (κ3) is 2.11. The van der Waals surface area contributed by atoms with Crippen molar-refractivity contribution in [2.24, 2.45) is 0 Å². The Bertz CT molecular complexity index is 889. The number of halogens is 1. The van der Waals surface area contributed by atoms with Gasteiger partial charge in [-0.3, -0.25) is 9.78 Å². The smallest absolute Gasteiger partial charge is 0.260 e. The number of nitrogens with one attached hydrogen (secondary N) is 1. The van der Waals surface area contributed by atoms with Crippen molar-refractivity contribution >= 4 is 29.2 Å². The Morgan fingerprint density at radius 3 is 2.96 bits per heavy atom. The molecule has 4 rings (SSSR count). The van der Waals surface area contributed by atoms with Crippen molar-refractivity contribution in [3.63, 3.8) is 0 Å². The number of aldehydes is 1. The summed E-state index contributed by atoms with van der Waals surface area (Å²) in [5, 5.41) is 2.70. The van der Waals surface area contributed by atoms with Gasteiger partial charge in [0.2, 0.25) is 0 Å². The monoisotopic (exact) mass is 310 g/mol. The molecule has 0 spiro atoms. The molecule has 1 aromatic carbocycles. The van der Waals surface area contributed by atoms with Gasteiger partial charge in [0.05, 0.1) is 11.3 Å². The number of nitrogens with zero attached hydrogens (tertiary/aromatic N) is 1. The van der Waals surface area contributed by atoms with Crippen LogP contribution in [0.1, 0.15) is 22.5 Å². The van der Waals surface area contributed by atoms with E-state index in [9.17, 15) is 14.0 Å². The van der Waals surface area contributed by atoms with Gasteiger partial charge in [0, 0.05) is 28.9 Å². The first-order chi connectivity index (χ1) is 11.2. The lowest BCUT2D eigenvalue weighted by molar-refractivity contribution is -0.111. The molecule has 114 valence electrons. The summed E-state index contributed by atoms with van der Waals surface area (Å²) in [5.74, 6) is -0.353. The maximum Gasteiger partial charge on any atom is 0.260 e. The van der Waals surface area contributed by atoms with E-state index < -0.39 is 5.82 Å². The number of aromatic nitrogens is 1. The minimum Gasteiger partial charge on any atom is -0.486 e. The fraction of sp³-hybridized carbons (Fsp3) is 0.118. The molecule has 0 unspecified atom stereocenters. The van der Waals surface area contributed by atoms with Crippen LogP contribution in [0, 0.1) is 5.82 Å². The molecule has 1 aromatic heterocycles. The van der Waals surface area contributed by atoms with Crippen LogP contribution in [0.25, 0.3) is 11.3 Å². The van der Waals surface area contributed by atoms with Gasteiger partial charge in [-0.25, -0.2) is 4.39 Å². The molecule has 1 amide bonds. The Morgan fingerprint density at radius 1 is 1.26 bits per heavy atom. The van der Waals surface area contributed by atoms with Crippen molar-refractivity contribution in [3.05, 3.63) is 58.7 Å². The first-order valence-corrected chi connectivity index (χ1v) is 7.08. The van der Waals surface area contributed by atoms with E-state index in [0.29, 0.717) is 39.5 Å². The topological polar surface area (TPSA) is 68.3 Å². The van der Waals surface area contributed by atoms with E-state index in [-0.39, 0.29) is 18.9 Å².